The van der Waals surface area contributed by atoms with Crippen LogP contribution in [0.15, 0.2) is 53.1 Å². The molecule has 1 unspecified atom stereocenters. The molecule has 144 valence electrons. The summed E-state index contributed by atoms with van der Waals surface area (Å²) in [7, 11) is 0. The van der Waals surface area contributed by atoms with Crippen molar-refractivity contribution in [2.24, 2.45) is 0 Å². The summed E-state index contributed by atoms with van der Waals surface area (Å²) in [4.78, 5) is 31.1. The van der Waals surface area contributed by atoms with Gasteiger partial charge in [-0.2, -0.15) is 0 Å². The fraction of sp³-hybridized carbons (Fsp3) is 0.250. The number of carboxylic acid groups (broad SMARTS) is 1. The van der Waals surface area contributed by atoms with Crippen LogP contribution in [0.25, 0.3) is 22.0 Å². The van der Waals surface area contributed by atoms with Crippen molar-refractivity contribution in [2.75, 3.05) is 19.7 Å². The van der Waals surface area contributed by atoms with Gasteiger partial charge in [0.05, 0.1) is 31.1 Å². The number of hydrogen-bond acceptors (Lipinski definition) is 6. The van der Waals surface area contributed by atoms with Crippen molar-refractivity contribution in [3.63, 3.8) is 0 Å². The molecule has 0 radical (unpaired) electrons. The number of aliphatic carboxylic acids is 1. The summed E-state index contributed by atoms with van der Waals surface area (Å²) in [6.45, 7) is 0.971. The zero-order chi connectivity index (χ0) is 19.5. The molecule has 2 aromatic heterocycles. The molecule has 4 rings (SSSR count). The second kappa shape index (κ2) is 7.95. The molecule has 1 amide bonds. The maximum atomic E-state index is 13.3. The fourth-order valence-electron chi connectivity index (χ4n) is 3.13. The number of carbonyl (C=O) groups is 2. The number of nitrogens with zero attached hydrogens (tertiary/aromatic N) is 2. The molecule has 1 aliphatic heterocycles. The highest BCUT2D eigenvalue weighted by atomic mass is 32.1. The van der Waals surface area contributed by atoms with Gasteiger partial charge < -0.3 is 19.2 Å². The first-order valence-corrected chi connectivity index (χ1v) is 9.66. The summed E-state index contributed by atoms with van der Waals surface area (Å²) in [5.41, 5.74) is 1.44. The molecule has 1 N–H and O–H groups in total. The lowest BCUT2D eigenvalue weighted by Crippen LogP contribution is -2.46. The summed E-state index contributed by atoms with van der Waals surface area (Å²) in [6.07, 6.45) is 0.932. The van der Waals surface area contributed by atoms with Crippen LogP contribution in [0.1, 0.15) is 16.1 Å². The van der Waals surface area contributed by atoms with Crippen LogP contribution in [0.3, 0.4) is 0 Å². The number of hydrogen-bond donors (Lipinski definition) is 1. The standard InChI is InChI=1S/C20H18N2O5S/c23-16(24)11-14-12-22(8-10-26-14)20(25)18-17(13-5-2-1-3-6-13)21-19(28-18)15-7-4-9-27-15/h1-7,9,14H,8,10-12H2,(H,23,24). The van der Waals surface area contributed by atoms with E-state index in [1.165, 1.54) is 11.3 Å². The molecule has 0 spiro atoms. The smallest absolute Gasteiger partial charge is 0.306 e. The van der Waals surface area contributed by atoms with Crippen LogP contribution in [-0.4, -0.2) is 52.7 Å². The molecule has 0 aliphatic carbocycles. The number of carbonyl (C=O) groups excluding carboxylic acids is 1. The zero-order valence-electron chi connectivity index (χ0n) is 14.9. The number of morpholine rings is 1. The quantitative estimate of drug-likeness (QED) is 0.708. The van der Waals surface area contributed by atoms with Gasteiger partial charge in [0, 0.05) is 18.7 Å². The Kier molecular flexibility index (Phi) is 5.23. The van der Waals surface area contributed by atoms with Crippen molar-refractivity contribution >= 4 is 23.2 Å². The Morgan fingerprint density at radius 2 is 2.04 bits per heavy atom. The van der Waals surface area contributed by atoms with Gasteiger partial charge >= 0.3 is 5.97 Å². The number of carboxylic acids is 1. The molecule has 1 fully saturated rings. The van der Waals surface area contributed by atoms with Gasteiger partial charge in [0.15, 0.2) is 10.8 Å². The van der Waals surface area contributed by atoms with E-state index in [4.69, 9.17) is 14.3 Å². The Balaban J connectivity index is 1.67. The van der Waals surface area contributed by atoms with Crippen LogP contribution in [0.4, 0.5) is 0 Å². The number of rotatable bonds is 5. The van der Waals surface area contributed by atoms with Crippen LogP contribution >= 0.6 is 11.3 Å². The Hall–Kier alpha value is -2.97. The van der Waals surface area contributed by atoms with Gasteiger partial charge in [0.2, 0.25) is 0 Å². The number of thiazole rings is 1. The molecule has 0 saturated carbocycles. The normalized spacial score (nSPS) is 16.9. The van der Waals surface area contributed by atoms with E-state index in [9.17, 15) is 9.59 Å². The molecule has 1 aliphatic rings. The molecule has 8 heteroatoms. The van der Waals surface area contributed by atoms with Gasteiger partial charge in [-0.05, 0) is 12.1 Å². The van der Waals surface area contributed by atoms with Gasteiger partial charge in [-0.25, -0.2) is 4.98 Å². The van der Waals surface area contributed by atoms with Crippen molar-refractivity contribution in [2.45, 2.75) is 12.5 Å². The Labute approximate surface area is 165 Å². The van der Waals surface area contributed by atoms with Crippen molar-refractivity contribution in [1.29, 1.82) is 0 Å². The lowest BCUT2D eigenvalue weighted by molar-refractivity contribution is -0.141. The Morgan fingerprint density at radius 3 is 2.75 bits per heavy atom. The van der Waals surface area contributed by atoms with Crippen molar-refractivity contribution < 1.29 is 23.8 Å². The van der Waals surface area contributed by atoms with Crippen molar-refractivity contribution in [3.05, 3.63) is 53.6 Å². The van der Waals surface area contributed by atoms with Crippen LogP contribution in [-0.2, 0) is 9.53 Å². The SMILES string of the molecule is O=C(O)CC1CN(C(=O)c2sc(-c3ccco3)nc2-c2ccccc2)CCO1. The van der Waals surface area contributed by atoms with Gasteiger partial charge in [-0.15, -0.1) is 11.3 Å². The zero-order valence-corrected chi connectivity index (χ0v) is 15.7. The molecule has 0 bridgehead atoms. The minimum Gasteiger partial charge on any atom is -0.481 e. The third-order valence-corrected chi connectivity index (χ3v) is 5.49. The largest absolute Gasteiger partial charge is 0.481 e. The van der Waals surface area contributed by atoms with E-state index in [1.54, 1.807) is 23.3 Å². The summed E-state index contributed by atoms with van der Waals surface area (Å²) in [5, 5.41) is 9.63. The Bertz CT molecular complexity index is 968. The number of amides is 1. The number of ether oxygens (including phenoxy) is 1. The molecule has 3 aromatic rings. The maximum Gasteiger partial charge on any atom is 0.306 e. The summed E-state index contributed by atoms with van der Waals surface area (Å²) in [6, 6.07) is 13.1. The van der Waals surface area contributed by atoms with Gasteiger partial charge in [0.25, 0.3) is 5.91 Å². The summed E-state index contributed by atoms with van der Waals surface area (Å²) in [5.74, 6) is -0.512. The molecular formula is C20H18N2O5S. The van der Waals surface area contributed by atoms with E-state index in [0.717, 1.165) is 5.56 Å². The van der Waals surface area contributed by atoms with E-state index < -0.39 is 12.1 Å². The van der Waals surface area contributed by atoms with E-state index in [-0.39, 0.29) is 18.9 Å². The van der Waals surface area contributed by atoms with Crippen LogP contribution in [0.5, 0.6) is 0 Å². The summed E-state index contributed by atoms with van der Waals surface area (Å²) >= 11 is 1.28. The molecule has 1 atom stereocenters. The first kappa shape index (κ1) is 18.4. The minimum absolute atomic E-state index is 0.129. The van der Waals surface area contributed by atoms with E-state index in [0.29, 0.717) is 34.5 Å². The fourth-order valence-corrected chi connectivity index (χ4v) is 4.15. The molecule has 7 nitrogen and oxygen atoms in total. The summed E-state index contributed by atoms with van der Waals surface area (Å²) < 4.78 is 10.9. The molecule has 1 saturated heterocycles. The number of aromatic nitrogens is 1. The first-order chi connectivity index (χ1) is 13.6. The van der Waals surface area contributed by atoms with Gasteiger partial charge in [0.1, 0.15) is 4.88 Å². The van der Waals surface area contributed by atoms with E-state index >= 15 is 0 Å². The van der Waals surface area contributed by atoms with Crippen molar-refractivity contribution in [1.82, 2.24) is 9.88 Å². The highest BCUT2D eigenvalue weighted by Gasteiger charge is 2.30. The molecular weight excluding hydrogens is 380 g/mol. The topological polar surface area (TPSA) is 92.9 Å². The third kappa shape index (κ3) is 3.83. The lowest BCUT2D eigenvalue weighted by atomic mass is 10.1. The third-order valence-electron chi connectivity index (χ3n) is 4.43. The minimum atomic E-state index is -0.942. The predicted octanol–water partition coefficient (Wildman–Crippen LogP) is 3.39. The molecule has 3 heterocycles. The number of furan rings is 1. The average Bonchev–Trinajstić information content (AvgIpc) is 3.37. The lowest BCUT2D eigenvalue weighted by Gasteiger charge is -2.32. The highest BCUT2D eigenvalue weighted by Crippen LogP contribution is 2.35. The average molecular weight is 398 g/mol. The van der Waals surface area contributed by atoms with Gasteiger partial charge in [-0.1, -0.05) is 30.3 Å². The van der Waals surface area contributed by atoms with E-state index in [1.807, 2.05) is 30.3 Å². The second-order valence-electron chi connectivity index (χ2n) is 6.38. The number of benzene rings is 1. The molecule has 1 aromatic carbocycles. The highest BCUT2D eigenvalue weighted by molar-refractivity contribution is 7.17. The predicted molar refractivity (Wildman–Crippen MR) is 103 cm³/mol. The maximum absolute atomic E-state index is 13.3. The van der Waals surface area contributed by atoms with Crippen molar-refractivity contribution in [3.8, 4) is 22.0 Å². The van der Waals surface area contributed by atoms with Gasteiger partial charge in [-0.3, -0.25) is 9.59 Å². The first-order valence-electron chi connectivity index (χ1n) is 8.84. The van der Waals surface area contributed by atoms with Crippen LogP contribution in [0, 0.1) is 0 Å². The monoisotopic (exact) mass is 398 g/mol. The van der Waals surface area contributed by atoms with Crippen LogP contribution < -0.4 is 0 Å². The molecule has 28 heavy (non-hydrogen) atoms. The Morgan fingerprint density at radius 1 is 1.21 bits per heavy atom. The van der Waals surface area contributed by atoms with Crippen LogP contribution in [0.2, 0.25) is 0 Å². The second-order valence-corrected chi connectivity index (χ2v) is 7.38. The van der Waals surface area contributed by atoms with E-state index in [2.05, 4.69) is 4.98 Å².